The van der Waals surface area contributed by atoms with Crippen molar-refractivity contribution in [1.82, 2.24) is 4.57 Å². The summed E-state index contributed by atoms with van der Waals surface area (Å²) in [6.45, 7) is 6.70. The first-order valence-corrected chi connectivity index (χ1v) is 7.01. The van der Waals surface area contributed by atoms with Gasteiger partial charge in [-0.2, -0.15) is 0 Å². The molecule has 19 heavy (non-hydrogen) atoms. The molecule has 0 bridgehead atoms. The number of aryl methyl sites for hydroxylation is 3. The van der Waals surface area contributed by atoms with Crippen LogP contribution in [0.5, 0.6) is 0 Å². The first kappa shape index (κ1) is 13.6. The summed E-state index contributed by atoms with van der Waals surface area (Å²) < 4.78 is 1.90. The third kappa shape index (κ3) is 2.78. The highest BCUT2D eigenvalue weighted by molar-refractivity contribution is 5.31. The van der Waals surface area contributed by atoms with Gasteiger partial charge in [0.25, 0.3) is 5.56 Å². The largest absolute Gasteiger partial charge is 0.308 e. The molecule has 2 heterocycles. The fraction of sp³-hybridized carbons (Fsp3) is 0.353. The van der Waals surface area contributed by atoms with E-state index in [9.17, 15) is 4.79 Å². The molecule has 1 aromatic carbocycles. The Kier molecular flexibility index (Phi) is 4.20. The predicted molar refractivity (Wildman–Crippen MR) is 79.7 cm³/mol. The second kappa shape index (κ2) is 5.87. The Balaban J connectivity index is 0.000000637. The quantitative estimate of drug-likeness (QED) is 0.707. The van der Waals surface area contributed by atoms with Crippen LogP contribution in [0.4, 0.5) is 0 Å². The highest BCUT2D eigenvalue weighted by Crippen LogP contribution is 2.18. The fourth-order valence-corrected chi connectivity index (χ4v) is 2.57. The second-order valence-electron chi connectivity index (χ2n) is 4.72. The molecule has 0 unspecified atom stereocenters. The smallest absolute Gasteiger partial charge is 0.251 e. The zero-order valence-electron chi connectivity index (χ0n) is 11.9. The summed E-state index contributed by atoms with van der Waals surface area (Å²) in [5.41, 5.74) is 4.99. The van der Waals surface area contributed by atoms with Gasteiger partial charge in [0.2, 0.25) is 0 Å². The van der Waals surface area contributed by atoms with E-state index in [1.54, 1.807) is 6.07 Å². The van der Waals surface area contributed by atoms with Crippen LogP contribution in [0.1, 0.15) is 36.2 Å². The third-order valence-corrected chi connectivity index (χ3v) is 3.46. The molecule has 0 aliphatic carbocycles. The molecule has 0 saturated heterocycles. The predicted octanol–water partition coefficient (Wildman–Crippen LogP) is 3.33. The van der Waals surface area contributed by atoms with Crippen LogP contribution in [0.3, 0.4) is 0 Å². The zero-order chi connectivity index (χ0) is 13.8. The van der Waals surface area contributed by atoms with Gasteiger partial charge in [0.1, 0.15) is 0 Å². The molecule has 2 heteroatoms. The van der Waals surface area contributed by atoms with Crippen LogP contribution < -0.4 is 5.56 Å². The lowest BCUT2D eigenvalue weighted by Crippen LogP contribution is -2.22. The molecule has 0 saturated carbocycles. The molecule has 1 aliphatic heterocycles. The SMILES string of the molecule is CC.Cc1cc2n(c(=O)c1)Cc1ccccc1CC2. The van der Waals surface area contributed by atoms with Crippen molar-refractivity contribution < 1.29 is 0 Å². The second-order valence-corrected chi connectivity index (χ2v) is 4.72. The standard InChI is InChI=1S/C15H15NO.C2H6/c1-11-8-14-7-6-12-4-2-3-5-13(12)10-16(14)15(17)9-11;1-2/h2-5,8-9H,6-7,10H2,1H3;1-2H3. The summed E-state index contributed by atoms with van der Waals surface area (Å²) in [6.07, 6.45) is 1.98. The summed E-state index contributed by atoms with van der Waals surface area (Å²) >= 11 is 0. The molecular weight excluding hydrogens is 234 g/mol. The van der Waals surface area contributed by atoms with Gasteiger partial charge in [-0.3, -0.25) is 4.79 Å². The summed E-state index contributed by atoms with van der Waals surface area (Å²) in [5.74, 6) is 0. The number of benzene rings is 1. The van der Waals surface area contributed by atoms with Crippen molar-refractivity contribution in [2.24, 2.45) is 0 Å². The van der Waals surface area contributed by atoms with Crippen molar-refractivity contribution in [3.8, 4) is 0 Å². The first-order chi connectivity index (χ1) is 9.24. The Bertz CT molecular complexity index is 625. The van der Waals surface area contributed by atoms with Crippen molar-refractivity contribution in [1.29, 1.82) is 0 Å². The van der Waals surface area contributed by atoms with Gasteiger partial charge in [-0.25, -0.2) is 0 Å². The summed E-state index contributed by atoms with van der Waals surface area (Å²) in [6, 6.07) is 12.3. The number of pyridine rings is 1. The summed E-state index contributed by atoms with van der Waals surface area (Å²) in [7, 11) is 0. The average Bonchev–Trinajstić information content (AvgIpc) is 2.61. The van der Waals surface area contributed by atoms with Crippen molar-refractivity contribution in [2.75, 3.05) is 0 Å². The molecule has 0 fully saturated rings. The third-order valence-electron chi connectivity index (χ3n) is 3.46. The molecule has 0 N–H and O–H groups in total. The van der Waals surface area contributed by atoms with Crippen LogP contribution in [0.2, 0.25) is 0 Å². The van der Waals surface area contributed by atoms with Crippen LogP contribution in [0.25, 0.3) is 0 Å². The highest BCUT2D eigenvalue weighted by atomic mass is 16.1. The summed E-state index contributed by atoms with van der Waals surface area (Å²) in [5, 5.41) is 0. The lowest BCUT2D eigenvalue weighted by Gasteiger charge is -2.10. The van der Waals surface area contributed by atoms with Gasteiger partial charge in [-0.1, -0.05) is 38.1 Å². The minimum Gasteiger partial charge on any atom is -0.308 e. The van der Waals surface area contributed by atoms with Gasteiger partial charge in [0, 0.05) is 11.8 Å². The van der Waals surface area contributed by atoms with Gasteiger partial charge in [0.05, 0.1) is 6.54 Å². The number of nitrogens with zero attached hydrogens (tertiary/aromatic N) is 1. The topological polar surface area (TPSA) is 22.0 Å². The van der Waals surface area contributed by atoms with E-state index < -0.39 is 0 Å². The maximum Gasteiger partial charge on any atom is 0.251 e. The molecule has 2 nitrogen and oxygen atoms in total. The molecule has 1 aliphatic rings. The maximum atomic E-state index is 12.0. The molecule has 0 atom stereocenters. The molecule has 0 spiro atoms. The zero-order valence-corrected chi connectivity index (χ0v) is 11.9. The first-order valence-electron chi connectivity index (χ1n) is 7.01. The van der Waals surface area contributed by atoms with E-state index in [0.29, 0.717) is 6.54 Å². The molecule has 1 aromatic heterocycles. The Hall–Kier alpha value is -1.83. The molecule has 100 valence electrons. The Labute approximate surface area is 114 Å². The minimum absolute atomic E-state index is 0.122. The minimum atomic E-state index is 0.122. The van der Waals surface area contributed by atoms with E-state index in [1.165, 1.54) is 11.1 Å². The van der Waals surface area contributed by atoms with Gasteiger partial charge in [0.15, 0.2) is 0 Å². The van der Waals surface area contributed by atoms with Crippen molar-refractivity contribution in [2.45, 2.75) is 40.2 Å². The van der Waals surface area contributed by atoms with Crippen molar-refractivity contribution in [3.05, 3.63) is 69.1 Å². The lowest BCUT2D eigenvalue weighted by molar-refractivity contribution is 0.716. The number of fused-ring (bicyclic) bond motifs is 2. The monoisotopic (exact) mass is 255 g/mol. The lowest BCUT2D eigenvalue weighted by atomic mass is 10.0. The molecule has 3 rings (SSSR count). The normalized spacial score (nSPS) is 12.6. The van der Waals surface area contributed by atoms with Crippen molar-refractivity contribution in [3.63, 3.8) is 0 Å². The van der Waals surface area contributed by atoms with Crippen LogP contribution in [-0.2, 0) is 19.4 Å². The fourth-order valence-electron chi connectivity index (χ4n) is 2.57. The van der Waals surface area contributed by atoms with Gasteiger partial charge in [-0.05, 0) is 42.5 Å². The molecule has 2 aromatic rings. The molecule has 0 amide bonds. The average molecular weight is 255 g/mol. The molecular formula is C17H21NO. The van der Waals surface area contributed by atoms with E-state index in [1.807, 2.05) is 31.4 Å². The number of hydrogen-bond donors (Lipinski definition) is 0. The van der Waals surface area contributed by atoms with Crippen LogP contribution >= 0.6 is 0 Å². The van der Waals surface area contributed by atoms with Crippen LogP contribution in [0.15, 0.2) is 41.2 Å². The number of aromatic nitrogens is 1. The highest BCUT2D eigenvalue weighted by Gasteiger charge is 2.13. The Morgan fingerprint density at radius 1 is 1.00 bits per heavy atom. The van der Waals surface area contributed by atoms with Gasteiger partial charge < -0.3 is 4.57 Å². The Morgan fingerprint density at radius 2 is 1.68 bits per heavy atom. The van der Waals surface area contributed by atoms with E-state index in [-0.39, 0.29) is 5.56 Å². The van der Waals surface area contributed by atoms with Gasteiger partial charge in [-0.15, -0.1) is 0 Å². The number of rotatable bonds is 0. The van der Waals surface area contributed by atoms with Crippen LogP contribution in [0, 0.1) is 6.92 Å². The van der Waals surface area contributed by atoms with E-state index in [0.717, 1.165) is 24.1 Å². The van der Waals surface area contributed by atoms with E-state index in [4.69, 9.17) is 0 Å². The van der Waals surface area contributed by atoms with Gasteiger partial charge >= 0.3 is 0 Å². The maximum absolute atomic E-state index is 12.0. The number of hydrogen-bond acceptors (Lipinski definition) is 1. The Morgan fingerprint density at radius 3 is 2.42 bits per heavy atom. The van der Waals surface area contributed by atoms with E-state index >= 15 is 0 Å². The summed E-state index contributed by atoms with van der Waals surface area (Å²) in [4.78, 5) is 12.0. The van der Waals surface area contributed by atoms with Crippen molar-refractivity contribution >= 4 is 0 Å². The van der Waals surface area contributed by atoms with Crippen LogP contribution in [-0.4, -0.2) is 4.57 Å². The molecule has 0 radical (unpaired) electrons. The van der Waals surface area contributed by atoms with E-state index in [2.05, 4.69) is 24.3 Å².